The number of hydrogen-bond acceptors (Lipinski definition) is 4. The maximum absolute atomic E-state index is 12.9. The van der Waals surface area contributed by atoms with Crippen LogP contribution >= 0.6 is 0 Å². The molecule has 2 aromatic carbocycles. The van der Waals surface area contributed by atoms with Crippen LogP contribution in [-0.2, 0) is 0 Å². The molecule has 0 aliphatic heterocycles. The van der Waals surface area contributed by atoms with Gasteiger partial charge in [0, 0.05) is 37.3 Å². The first-order valence-corrected chi connectivity index (χ1v) is 13.6. The third-order valence-electron chi connectivity index (χ3n) is 6.09. The molecule has 228 valence electrons. The first kappa shape index (κ1) is 33.8. The van der Waals surface area contributed by atoms with E-state index in [1.807, 2.05) is 13.8 Å². The van der Waals surface area contributed by atoms with Crippen LogP contribution in [0.4, 0.5) is 26.3 Å². The van der Waals surface area contributed by atoms with Crippen molar-refractivity contribution in [2.45, 2.75) is 71.5 Å². The Bertz CT molecular complexity index is 987. The van der Waals surface area contributed by atoms with Crippen LogP contribution in [0, 0.1) is 0 Å². The Morgan fingerprint density at radius 3 is 1.17 bits per heavy atom. The molecule has 0 N–H and O–H groups in total. The zero-order valence-corrected chi connectivity index (χ0v) is 23.2. The molecule has 41 heavy (non-hydrogen) atoms. The molecule has 0 unspecified atom stereocenters. The summed E-state index contributed by atoms with van der Waals surface area (Å²) >= 11 is 0. The van der Waals surface area contributed by atoms with Gasteiger partial charge < -0.3 is 19.3 Å². The van der Waals surface area contributed by atoms with E-state index in [1.165, 1.54) is 24.3 Å². The molecule has 0 heterocycles. The molecule has 0 aromatic heterocycles. The second kappa shape index (κ2) is 16.1. The van der Waals surface area contributed by atoms with E-state index in [1.54, 1.807) is 9.80 Å². The van der Waals surface area contributed by atoms with Crippen LogP contribution in [0.5, 0.6) is 11.5 Å². The molecule has 6 nitrogen and oxygen atoms in total. The van der Waals surface area contributed by atoms with E-state index in [9.17, 15) is 35.9 Å². The fourth-order valence-corrected chi connectivity index (χ4v) is 4.27. The van der Waals surface area contributed by atoms with E-state index in [4.69, 9.17) is 0 Å². The molecule has 0 bridgehead atoms. The molecule has 0 fully saturated rings. The van der Waals surface area contributed by atoms with Crippen LogP contribution in [0.15, 0.2) is 48.5 Å². The maximum atomic E-state index is 12.9. The standard InChI is InChI=1S/C29H36F6N2O4/c1-3-18-36(26(38)22-10-14-24(15-11-22)40-28(30,31)32)20-8-6-5-7-9-21-37(19-4-2)27(39)23-12-16-25(17-13-23)41-29(33,34)35/h10-17H,3-9,18-21H2,1-2H3. The number of amides is 2. The summed E-state index contributed by atoms with van der Waals surface area (Å²) in [6.45, 7) is 5.96. The van der Waals surface area contributed by atoms with Gasteiger partial charge in [-0.3, -0.25) is 9.59 Å². The van der Waals surface area contributed by atoms with E-state index in [-0.39, 0.29) is 34.4 Å². The Morgan fingerprint density at radius 1 is 0.561 bits per heavy atom. The molecule has 2 aromatic rings. The summed E-state index contributed by atoms with van der Waals surface area (Å²) in [5, 5.41) is 0. The number of rotatable bonds is 16. The number of nitrogens with zero attached hydrogens (tertiary/aromatic N) is 2. The number of ether oxygens (including phenoxy) is 2. The Hall–Kier alpha value is -3.44. The van der Waals surface area contributed by atoms with Crippen molar-refractivity contribution in [1.29, 1.82) is 0 Å². The van der Waals surface area contributed by atoms with Gasteiger partial charge in [0.2, 0.25) is 0 Å². The Kier molecular flexibility index (Phi) is 13.3. The van der Waals surface area contributed by atoms with E-state index >= 15 is 0 Å². The fourth-order valence-electron chi connectivity index (χ4n) is 4.27. The first-order chi connectivity index (χ1) is 19.3. The number of carbonyl (C=O) groups is 2. The van der Waals surface area contributed by atoms with Crippen molar-refractivity contribution in [2.75, 3.05) is 26.2 Å². The van der Waals surface area contributed by atoms with Gasteiger partial charge in [-0.05, 0) is 74.2 Å². The summed E-state index contributed by atoms with van der Waals surface area (Å²) in [4.78, 5) is 29.1. The van der Waals surface area contributed by atoms with Gasteiger partial charge in [-0.25, -0.2) is 0 Å². The highest BCUT2D eigenvalue weighted by Crippen LogP contribution is 2.24. The van der Waals surface area contributed by atoms with Gasteiger partial charge in [-0.2, -0.15) is 0 Å². The second-order valence-corrected chi connectivity index (χ2v) is 9.50. The van der Waals surface area contributed by atoms with Gasteiger partial charge >= 0.3 is 12.7 Å². The van der Waals surface area contributed by atoms with Crippen molar-refractivity contribution in [3.63, 3.8) is 0 Å². The summed E-state index contributed by atoms with van der Waals surface area (Å²) in [7, 11) is 0. The molecule has 0 aliphatic rings. The molecule has 12 heteroatoms. The first-order valence-electron chi connectivity index (χ1n) is 13.6. The van der Waals surface area contributed by atoms with E-state index in [0.717, 1.165) is 69.2 Å². The van der Waals surface area contributed by atoms with Crippen molar-refractivity contribution in [3.8, 4) is 11.5 Å². The number of carbonyl (C=O) groups excluding carboxylic acids is 2. The number of halogens is 6. The van der Waals surface area contributed by atoms with Crippen molar-refractivity contribution in [2.24, 2.45) is 0 Å². The van der Waals surface area contributed by atoms with E-state index in [2.05, 4.69) is 9.47 Å². The number of alkyl halides is 6. The molecular formula is C29H36F6N2O4. The smallest absolute Gasteiger partial charge is 0.406 e. The lowest BCUT2D eigenvalue weighted by molar-refractivity contribution is -0.275. The normalized spacial score (nSPS) is 11.7. The monoisotopic (exact) mass is 590 g/mol. The Labute approximate surface area is 236 Å². The summed E-state index contributed by atoms with van der Waals surface area (Å²) in [5.74, 6) is -1.28. The predicted octanol–water partition coefficient (Wildman–Crippen LogP) is 7.84. The molecule has 0 aliphatic carbocycles. The van der Waals surface area contributed by atoms with Gasteiger partial charge in [0.1, 0.15) is 11.5 Å². The summed E-state index contributed by atoms with van der Waals surface area (Å²) in [6, 6.07) is 9.76. The lowest BCUT2D eigenvalue weighted by Gasteiger charge is -2.23. The molecule has 2 amide bonds. The van der Waals surface area contributed by atoms with Crippen LogP contribution in [0.3, 0.4) is 0 Å². The highest BCUT2D eigenvalue weighted by Gasteiger charge is 2.32. The minimum Gasteiger partial charge on any atom is -0.406 e. The van der Waals surface area contributed by atoms with Crippen LogP contribution in [0.25, 0.3) is 0 Å². The summed E-state index contributed by atoms with van der Waals surface area (Å²) in [5.41, 5.74) is 0.576. The molecular weight excluding hydrogens is 554 g/mol. The average molecular weight is 591 g/mol. The third kappa shape index (κ3) is 12.7. The zero-order chi connectivity index (χ0) is 30.5. The topological polar surface area (TPSA) is 59.1 Å². The number of hydrogen-bond donors (Lipinski definition) is 0. The fraction of sp³-hybridized carbons (Fsp3) is 0.517. The van der Waals surface area contributed by atoms with Crippen LogP contribution in [-0.4, -0.2) is 60.5 Å². The maximum Gasteiger partial charge on any atom is 0.573 e. The molecule has 0 saturated heterocycles. The lowest BCUT2D eigenvalue weighted by Crippen LogP contribution is -2.33. The Morgan fingerprint density at radius 2 is 0.878 bits per heavy atom. The van der Waals surface area contributed by atoms with Gasteiger partial charge in [0.25, 0.3) is 11.8 Å². The lowest BCUT2D eigenvalue weighted by atomic mass is 10.1. The molecule has 0 saturated carbocycles. The average Bonchev–Trinajstić information content (AvgIpc) is 2.89. The van der Waals surface area contributed by atoms with Crippen LogP contribution < -0.4 is 9.47 Å². The highest BCUT2D eigenvalue weighted by molar-refractivity contribution is 5.94. The summed E-state index contributed by atoms with van der Waals surface area (Å²) in [6.07, 6.45) is -4.02. The number of unbranched alkanes of at least 4 members (excludes halogenated alkanes) is 4. The largest absolute Gasteiger partial charge is 0.573 e. The minimum absolute atomic E-state index is 0.253. The zero-order valence-electron chi connectivity index (χ0n) is 23.2. The molecule has 2 rings (SSSR count). The van der Waals surface area contributed by atoms with Gasteiger partial charge in [0.05, 0.1) is 0 Å². The van der Waals surface area contributed by atoms with E-state index < -0.39 is 12.7 Å². The van der Waals surface area contributed by atoms with Crippen molar-refractivity contribution < 1.29 is 45.4 Å². The van der Waals surface area contributed by atoms with E-state index in [0.29, 0.717) is 26.2 Å². The van der Waals surface area contributed by atoms with Gasteiger partial charge in [-0.15, -0.1) is 26.3 Å². The van der Waals surface area contributed by atoms with Crippen molar-refractivity contribution >= 4 is 11.8 Å². The van der Waals surface area contributed by atoms with Crippen molar-refractivity contribution in [3.05, 3.63) is 59.7 Å². The quantitative estimate of drug-likeness (QED) is 0.148. The molecule has 0 atom stereocenters. The molecule has 0 radical (unpaired) electrons. The SMILES string of the molecule is CCCN(CCCCCCCN(CCC)C(=O)c1ccc(OC(F)(F)F)cc1)C(=O)c1ccc(OC(F)(F)F)cc1. The Balaban J connectivity index is 1.77. The highest BCUT2D eigenvalue weighted by atomic mass is 19.4. The molecule has 0 spiro atoms. The van der Waals surface area contributed by atoms with Crippen molar-refractivity contribution in [1.82, 2.24) is 9.80 Å². The summed E-state index contributed by atoms with van der Waals surface area (Å²) < 4.78 is 81.9. The second-order valence-electron chi connectivity index (χ2n) is 9.50. The van der Waals surface area contributed by atoms with Gasteiger partial charge in [0.15, 0.2) is 0 Å². The number of benzene rings is 2. The van der Waals surface area contributed by atoms with Crippen LogP contribution in [0.2, 0.25) is 0 Å². The minimum atomic E-state index is -4.80. The van der Waals surface area contributed by atoms with Gasteiger partial charge in [-0.1, -0.05) is 33.1 Å². The third-order valence-corrected chi connectivity index (χ3v) is 6.09. The van der Waals surface area contributed by atoms with Crippen LogP contribution in [0.1, 0.15) is 79.5 Å². The predicted molar refractivity (Wildman–Crippen MR) is 142 cm³/mol.